The van der Waals surface area contributed by atoms with Crippen molar-refractivity contribution in [1.29, 1.82) is 0 Å². The third-order valence-corrected chi connectivity index (χ3v) is 2.67. The monoisotopic (exact) mass is 257 g/mol. The van der Waals surface area contributed by atoms with Crippen molar-refractivity contribution in [2.45, 2.75) is 20.0 Å². The van der Waals surface area contributed by atoms with E-state index in [4.69, 9.17) is 11.6 Å². The summed E-state index contributed by atoms with van der Waals surface area (Å²) in [4.78, 5) is 17.1. The number of urea groups is 1. The van der Waals surface area contributed by atoms with Crippen molar-refractivity contribution in [2.24, 2.45) is 0 Å². The number of hydrogen-bond donors (Lipinski definition) is 2. The molecule has 2 N–H and O–H groups in total. The number of aromatic nitrogens is 1. The Bertz CT molecular complexity index is 410. The van der Waals surface area contributed by atoms with Gasteiger partial charge in [-0.3, -0.25) is 4.98 Å². The van der Waals surface area contributed by atoms with Crippen molar-refractivity contribution >= 4 is 23.3 Å². The van der Waals surface area contributed by atoms with Gasteiger partial charge in [0.25, 0.3) is 0 Å². The van der Waals surface area contributed by atoms with Gasteiger partial charge in [-0.25, -0.2) is 4.79 Å². The van der Waals surface area contributed by atoms with Crippen molar-refractivity contribution in [3.63, 3.8) is 0 Å². The van der Waals surface area contributed by atoms with Gasteiger partial charge in [0.2, 0.25) is 0 Å². The summed E-state index contributed by atoms with van der Waals surface area (Å²) in [5.41, 5.74) is 1.17. The topological polar surface area (TPSA) is 65.5 Å². The number of nitrogens with zero attached hydrogens (tertiary/aromatic N) is 2. The van der Waals surface area contributed by atoms with Crippen molar-refractivity contribution in [2.75, 3.05) is 18.9 Å². The molecule has 1 heterocycles. The lowest BCUT2D eigenvalue weighted by molar-refractivity contribution is 0.149. The highest BCUT2D eigenvalue weighted by molar-refractivity contribution is 6.34. The molecule has 0 saturated heterocycles. The fraction of sp³-hybridized carbons (Fsp3) is 0.455. The van der Waals surface area contributed by atoms with Gasteiger partial charge in [-0.1, -0.05) is 11.6 Å². The Balaban J connectivity index is 2.71. The molecule has 0 aromatic carbocycles. The van der Waals surface area contributed by atoms with Gasteiger partial charge in [0.05, 0.1) is 22.5 Å². The number of nitrogens with one attached hydrogen (secondary N) is 1. The van der Waals surface area contributed by atoms with Crippen LogP contribution in [0.5, 0.6) is 0 Å². The summed E-state index contributed by atoms with van der Waals surface area (Å²) < 4.78 is 0. The first-order chi connectivity index (χ1) is 7.91. The number of aryl methyl sites for hydroxylation is 1. The summed E-state index contributed by atoms with van der Waals surface area (Å²) in [6, 6.07) is 1.31. The zero-order chi connectivity index (χ0) is 13.0. The lowest BCUT2D eigenvalue weighted by atomic mass is 10.3. The van der Waals surface area contributed by atoms with E-state index in [0.717, 1.165) is 0 Å². The predicted molar refractivity (Wildman–Crippen MR) is 67.3 cm³/mol. The molecule has 0 aliphatic rings. The van der Waals surface area contributed by atoms with Gasteiger partial charge < -0.3 is 15.3 Å². The Morgan fingerprint density at radius 1 is 1.71 bits per heavy atom. The number of hydrogen-bond acceptors (Lipinski definition) is 3. The third kappa shape index (κ3) is 3.87. The van der Waals surface area contributed by atoms with Crippen molar-refractivity contribution in [3.05, 3.63) is 23.0 Å². The van der Waals surface area contributed by atoms with Crippen LogP contribution < -0.4 is 5.32 Å². The fourth-order valence-electron chi connectivity index (χ4n) is 1.33. The molecule has 0 radical (unpaired) electrons. The summed E-state index contributed by atoms with van der Waals surface area (Å²) in [5, 5.41) is 12.3. The first-order valence-electron chi connectivity index (χ1n) is 5.23. The highest BCUT2D eigenvalue weighted by Gasteiger charge is 2.13. The minimum absolute atomic E-state index is 0.257. The summed E-state index contributed by atoms with van der Waals surface area (Å²) in [7, 11) is 1.60. The largest absolute Gasteiger partial charge is 0.392 e. The number of likely N-dealkylation sites (N-methyl/N-ethyl adjacent to an activating group) is 1. The molecule has 2 amide bonds. The van der Waals surface area contributed by atoms with Crippen LogP contribution >= 0.6 is 11.6 Å². The number of anilines is 1. The van der Waals surface area contributed by atoms with Gasteiger partial charge in [0, 0.05) is 19.8 Å². The summed E-state index contributed by atoms with van der Waals surface area (Å²) in [6.45, 7) is 3.64. The van der Waals surface area contributed by atoms with E-state index in [9.17, 15) is 9.90 Å². The van der Waals surface area contributed by atoms with Crippen molar-refractivity contribution in [3.8, 4) is 0 Å². The molecule has 1 aromatic rings. The number of pyridine rings is 1. The highest BCUT2D eigenvalue weighted by Crippen LogP contribution is 2.23. The van der Waals surface area contributed by atoms with E-state index < -0.39 is 6.10 Å². The molecule has 0 saturated carbocycles. The maximum Gasteiger partial charge on any atom is 0.321 e. The first kappa shape index (κ1) is 13.7. The van der Waals surface area contributed by atoms with Gasteiger partial charge >= 0.3 is 6.03 Å². The van der Waals surface area contributed by atoms with E-state index >= 15 is 0 Å². The highest BCUT2D eigenvalue weighted by atomic mass is 35.5. The normalized spacial score (nSPS) is 12.1. The number of carbonyl (C=O) groups excluding carboxylic acids is 1. The lowest BCUT2D eigenvalue weighted by Crippen LogP contribution is -2.36. The Kier molecular flexibility index (Phi) is 4.72. The van der Waals surface area contributed by atoms with Gasteiger partial charge in [-0.2, -0.15) is 0 Å². The molecule has 0 aliphatic carbocycles. The van der Waals surface area contributed by atoms with Crippen LogP contribution in [0.1, 0.15) is 12.6 Å². The molecule has 1 atom stereocenters. The van der Waals surface area contributed by atoms with Crippen LogP contribution in [0.15, 0.2) is 12.3 Å². The molecule has 0 unspecified atom stereocenters. The van der Waals surface area contributed by atoms with Gasteiger partial charge in [0.1, 0.15) is 0 Å². The zero-order valence-electron chi connectivity index (χ0n) is 10.1. The average molecular weight is 258 g/mol. The van der Waals surface area contributed by atoms with Gasteiger partial charge in [-0.05, 0) is 19.9 Å². The van der Waals surface area contributed by atoms with Crippen molar-refractivity contribution < 1.29 is 9.90 Å². The van der Waals surface area contributed by atoms with Crippen molar-refractivity contribution in [1.82, 2.24) is 9.88 Å². The smallest absolute Gasteiger partial charge is 0.321 e. The van der Waals surface area contributed by atoms with E-state index in [-0.39, 0.29) is 12.6 Å². The molecule has 17 heavy (non-hydrogen) atoms. The molecule has 0 fully saturated rings. The second-order valence-corrected chi connectivity index (χ2v) is 4.30. The SMILES string of the molecule is Cc1nccc(NC(=O)N(C)C[C@H](C)O)c1Cl. The molecule has 0 aliphatic heterocycles. The molecule has 94 valence electrons. The number of rotatable bonds is 3. The van der Waals surface area contributed by atoms with E-state index in [1.807, 2.05) is 0 Å². The van der Waals surface area contributed by atoms with E-state index in [2.05, 4.69) is 10.3 Å². The molecular formula is C11H16ClN3O2. The average Bonchev–Trinajstić information content (AvgIpc) is 2.23. The van der Waals surface area contributed by atoms with Gasteiger partial charge in [-0.15, -0.1) is 0 Å². The number of aliphatic hydroxyl groups is 1. The third-order valence-electron chi connectivity index (χ3n) is 2.19. The molecule has 1 aromatic heterocycles. The lowest BCUT2D eigenvalue weighted by Gasteiger charge is -2.19. The molecule has 6 heteroatoms. The predicted octanol–water partition coefficient (Wildman–Crippen LogP) is 1.89. The Hall–Kier alpha value is -1.33. The van der Waals surface area contributed by atoms with Crippen LogP contribution in [-0.2, 0) is 0 Å². The van der Waals surface area contributed by atoms with Gasteiger partial charge in [0.15, 0.2) is 0 Å². The maximum atomic E-state index is 11.7. The Morgan fingerprint density at radius 3 is 2.94 bits per heavy atom. The minimum Gasteiger partial charge on any atom is -0.392 e. The van der Waals surface area contributed by atoms with Crippen LogP contribution in [0.2, 0.25) is 5.02 Å². The summed E-state index contributed by atoms with van der Waals surface area (Å²) in [5.74, 6) is 0. The molecular weight excluding hydrogens is 242 g/mol. The number of aliphatic hydroxyl groups excluding tert-OH is 1. The molecule has 0 spiro atoms. The summed E-state index contributed by atoms with van der Waals surface area (Å²) >= 11 is 6.00. The standard InChI is InChI=1S/C11H16ClN3O2/c1-7(16)6-15(3)11(17)14-9-4-5-13-8(2)10(9)12/h4-5,7,16H,6H2,1-3H3,(H,13,14,17)/t7-/m0/s1. The van der Waals surface area contributed by atoms with Crippen LogP contribution in [0.4, 0.5) is 10.5 Å². The van der Waals surface area contributed by atoms with E-state index in [1.54, 1.807) is 33.2 Å². The molecule has 0 bridgehead atoms. The first-order valence-corrected chi connectivity index (χ1v) is 5.61. The minimum atomic E-state index is -0.569. The van der Waals surface area contributed by atoms with E-state index in [0.29, 0.717) is 16.4 Å². The summed E-state index contributed by atoms with van der Waals surface area (Å²) in [6.07, 6.45) is 1.01. The van der Waals surface area contributed by atoms with Crippen LogP contribution in [-0.4, -0.2) is 40.7 Å². The molecule has 1 rings (SSSR count). The number of carbonyl (C=O) groups is 1. The second kappa shape index (κ2) is 5.84. The number of halogens is 1. The van der Waals surface area contributed by atoms with Crippen LogP contribution in [0, 0.1) is 6.92 Å². The second-order valence-electron chi connectivity index (χ2n) is 3.92. The fourth-order valence-corrected chi connectivity index (χ4v) is 1.49. The maximum absolute atomic E-state index is 11.7. The zero-order valence-corrected chi connectivity index (χ0v) is 10.8. The number of amides is 2. The molecule has 5 nitrogen and oxygen atoms in total. The Morgan fingerprint density at radius 2 is 2.35 bits per heavy atom. The van der Waals surface area contributed by atoms with E-state index in [1.165, 1.54) is 4.90 Å². The quantitative estimate of drug-likeness (QED) is 0.869. The van der Waals surface area contributed by atoms with Crippen LogP contribution in [0.25, 0.3) is 0 Å². The van der Waals surface area contributed by atoms with Crippen LogP contribution in [0.3, 0.4) is 0 Å². The Labute approximate surface area is 105 Å².